The average Bonchev–Trinajstić information content (AvgIpc) is 2.15. The van der Waals surface area contributed by atoms with Crippen molar-refractivity contribution in [1.82, 2.24) is 4.90 Å². The lowest BCUT2D eigenvalue weighted by molar-refractivity contribution is -0.325. The van der Waals surface area contributed by atoms with Gasteiger partial charge < -0.3 is 9.84 Å². The number of nitrogens with zero attached hydrogens (tertiary/aromatic N) is 1. The first-order valence-electron chi connectivity index (χ1n) is 5.13. The third-order valence-electron chi connectivity index (χ3n) is 2.30. The Kier molecular flexibility index (Phi) is 5.16. The lowest BCUT2D eigenvalue weighted by Gasteiger charge is -2.32. The molecular formula is C9H14F3NO4. The van der Waals surface area contributed by atoms with Gasteiger partial charge in [-0.25, -0.2) is 0 Å². The van der Waals surface area contributed by atoms with Gasteiger partial charge in [-0.05, 0) is 0 Å². The van der Waals surface area contributed by atoms with Crippen molar-refractivity contribution in [1.29, 1.82) is 0 Å². The minimum Gasteiger partial charge on any atom is -0.481 e. The lowest BCUT2D eigenvalue weighted by Crippen LogP contribution is -2.44. The van der Waals surface area contributed by atoms with E-state index >= 15 is 0 Å². The number of carbonyl (C=O) groups is 1. The first kappa shape index (κ1) is 14.2. The van der Waals surface area contributed by atoms with Gasteiger partial charge in [-0.3, -0.25) is 14.4 Å². The Balaban J connectivity index is 2.23. The zero-order valence-electron chi connectivity index (χ0n) is 9.07. The zero-order valence-corrected chi connectivity index (χ0v) is 9.07. The van der Waals surface area contributed by atoms with Gasteiger partial charge in [0.1, 0.15) is 0 Å². The third kappa shape index (κ3) is 6.44. The highest BCUT2D eigenvalue weighted by Gasteiger charge is 2.29. The van der Waals surface area contributed by atoms with E-state index in [9.17, 15) is 18.0 Å². The Bertz CT molecular complexity index is 259. The van der Waals surface area contributed by atoms with E-state index in [0.29, 0.717) is 19.7 Å². The normalized spacial score (nSPS) is 22.6. The highest BCUT2D eigenvalue weighted by Crippen LogP contribution is 2.16. The molecule has 0 amide bonds. The van der Waals surface area contributed by atoms with E-state index in [0.717, 1.165) is 0 Å². The molecule has 1 unspecified atom stereocenters. The van der Waals surface area contributed by atoms with E-state index in [4.69, 9.17) is 9.84 Å². The van der Waals surface area contributed by atoms with Gasteiger partial charge >= 0.3 is 12.3 Å². The van der Waals surface area contributed by atoms with Crippen LogP contribution in [0.15, 0.2) is 0 Å². The van der Waals surface area contributed by atoms with Gasteiger partial charge in [-0.2, -0.15) is 0 Å². The van der Waals surface area contributed by atoms with Crippen molar-refractivity contribution in [3.8, 4) is 0 Å². The number of carboxylic acid groups (broad SMARTS) is 1. The second-order valence-electron chi connectivity index (χ2n) is 3.69. The monoisotopic (exact) mass is 257 g/mol. The highest BCUT2D eigenvalue weighted by atomic mass is 19.4. The summed E-state index contributed by atoms with van der Waals surface area (Å²) < 4.78 is 44.0. The molecule has 1 saturated heterocycles. The van der Waals surface area contributed by atoms with Crippen LogP contribution >= 0.6 is 0 Å². The van der Waals surface area contributed by atoms with Crippen LogP contribution in [0, 0.1) is 0 Å². The van der Waals surface area contributed by atoms with Crippen molar-refractivity contribution in [2.75, 3.05) is 32.8 Å². The molecule has 1 fully saturated rings. The van der Waals surface area contributed by atoms with Crippen molar-refractivity contribution in [2.24, 2.45) is 0 Å². The summed E-state index contributed by atoms with van der Waals surface area (Å²) in [6.45, 7) is 0.775. The largest absolute Gasteiger partial charge is 0.522 e. The molecule has 1 rings (SSSR count). The fraction of sp³-hybridized carbons (Fsp3) is 0.889. The van der Waals surface area contributed by atoms with Crippen molar-refractivity contribution in [3.63, 3.8) is 0 Å². The molecule has 5 nitrogen and oxygen atoms in total. The molecule has 0 aromatic heterocycles. The van der Waals surface area contributed by atoms with Crippen molar-refractivity contribution < 1.29 is 32.5 Å². The molecule has 1 aliphatic heterocycles. The Morgan fingerprint density at radius 2 is 2.24 bits per heavy atom. The molecule has 8 heteroatoms. The highest BCUT2D eigenvalue weighted by molar-refractivity contribution is 5.67. The Morgan fingerprint density at radius 3 is 2.82 bits per heavy atom. The predicted octanol–water partition coefficient (Wildman–Crippen LogP) is 0.698. The molecule has 0 spiro atoms. The fourth-order valence-corrected chi connectivity index (χ4v) is 1.59. The summed E-state index contributed by atoms with van der Waals surface area (Å²) in [6.07, 6.45) is -5.23. The minimum atomic E-state index is -4.62. The molecular weight excluding hydrogens is 243 g/mol. The summed E-state index contributed by atoms with van der Waals surface area (Å²) in [4.78, 5) is 12.1. The van der Waals surface area contributed by atoms with E-state index in [1.54, 1.807) is 4.90 Å². The van der Waals surface area contributed by atoms with E-state index < -0.39 is 25.0 Å². The molecule has 1 aliphatic rings. The molecule has 1 atom stereocenters. The van der Waals surface area contributed by atoms with Gasteiger partial charge in [0.05, 0.1) is 25.7 Å². The molecule has 1 heterocycles. The number of hydrogen-bond acceptors (Lipinski definition) is 4. The van der Waals surface area contributed by atoms with Crippen molar-refractivity contribution >= 4 is 5.97 Å². The van der Waals surface area contributed by atoms with E-state index in [1.165, 1.54) is 0 Å². The maximum Gasteiger partial charge on any atom is 0.522 e. The number of halogens is 3. The van der Waals surface area contributed by atoms with E-state index in [-0.39, 0.29) is 13.0 Å². The van der Waals surface area contributed by atoms with Crippen LogP contribution in [0.4, 0.5) is 13.2 Å². The summed E-state index contributed by atoms with van der Waals surface area (Å²) in [5.41, 5.74) is 0. The second-order valence-corrected chi connectivity index (χ2v) is 3.69. The first-order chi connectivity index (χ1) is 7.87. The molecule has 0 aromatic rings. The molecule has 0 bridgehead atoms. The predicted molar refractivity (Wildman–Crippen MR) is 50.4 cm³/mol. The summed E-state index contributed by atoms with van der Waals surface area (Å²) in [5.74, 6) is -0.983. The molecule has 0 saturated carbocycles. The van der Waals surface area contributed by atoms with Gasteiger partial charge in [0, 0.05) is 19.6 Å². The SMILES string of the molecule is O=C(O)CC1CN(CCOC(F)(F)F)CCO1. The number of aliphatic carboxylic acids is 1. The molecule has 0 radical (unpaired) electrons. The van der Waals surface area contributed by atoms with Crippen LogP contribution in [0.25, 0.3) is 0 Å². The van der Waals surface area contributed by atoms with E-state index in [1.807, 2.05) is 0 Å². The molecule has 0 aromatic carbocycles. The number of rotatable bonds is 5. The van der Waals surface area contributed by atoms with Crippen molar-refractivity contribution in [2.45, 2.75) is 18.9 Å². The topological polar surface area (TPSA) is 59.0 Å². The smallest absolute Gasteiger partial charge is 0.481 e. The minimum absolute atomic E-state index is 0.110. The van der Waals surface area contributed by atoms with Gasteiger partial charge in [0.15, 0.2) is 0 Å². The number of alkyl halides is 3. The van der Waals surface area contributed by atoms with Gasteiger partial charge in [0.25, 0.3) is 0 Å². The Labute approximate surface area is 96.1 Å². The standard InChI is InChI=1S/C9H14F3NO4/c10-9(11,12)17-4-2-13-1-3-16-7(6-13)5-8(14)15/h7H,1-6H2,(H,14,15). The van der Waals surface area contributed by atoms with Crippen LogP contribution < -0.4 is 0 Å². The van der Waals surface area contributed by atoms with Crippen LogP contribution in [-0.4, -0.2) is 61.3 Å². The fourth-order valence-electron chi connectivity index (χ4n) is 1.59. The maximum absolute atomic E-state index is 11.7. The average molecular weight is 257 g/mol. The van der Waals surface area contributed by atoms with Crippen LogP contribution in [0.3, 0.4) is 0 Å². The van der Waals surface area contributed by atoms with Gasteiger partial charge in [0.2, 0.25) is 0 Å². The number of carboxylic acids is 1. The molecule has 0 aliphatic carbocycles. The number of ether oxygens (including phenoxy) is 2. The van der Waals surface area contributed by atoms with Gasteiger partial charge in [-0.1, -0.05) is 0 Å². The second kappa shape index (κ2) is 6.18. The molecule has 17 heavy (non-hydrogen) atoms. The van der Waals surface area contributed by atoms with Crippen LogP contribution in [0.1, 0.15) is 6.42 Å². The summed E-state index contributed by atoms with van der Waals surface area (Å²) in [6, 6.07) is 0. The van der Waals surface area contributed by atoms with Crippen LogP contribution in [0.5, 0.6) is 0 Å². The third-order valence-corrected chi connectivity index (χ3v) is 2.30. The molecule has 1 N–H and O–H groups in total. The summed E-state index contributed by atoms with van der Waals surface area (Å²) >= 11 is 0. The van der Waals surface area contributed by atoms with Crippen molar-refractivity contribution in [3.05, 3.63) is 0 Å². The Hall–Kier alpha value is -0.860. The summed E-state index contributed by atoms with van der Waals surface area (Å²) in [7, 11) is 0. The van der Waals surface area contributed by atoms with Crippen LogP contribution in [-0.2, 0) is 14.3 Å². The van der Waals surface area contributed by atoms with Crippen LogP contribution in [0.2, 0.25) is 0 Å². The maximum atomic E-state index is 11.7. The lowest BCUT2D eigenvalue weighted by atomic mass is 10.2. The zero-order chi connectivity index (χ0) is 12.9. The Morgan fingerprint density at radius 1 is 1.53 bits per heavy atom. The number of hydrogen-bond donors (Lipinski definition) is 1. The first-order valence-corrected chi connectivity index (χ1v) is 5.13. The quantitative estimate of drug-likeness (QED) is 0.785. The summed E-state index contributed by atoms with van der Waals surface area (Å²) in [5, 5.41) is 8.56. The molecule has 100 valence electrons. The van der Waals surface area contributed by atoms with Gasteiger partial charge in [-0.15, -0.1) is 13.2 Å². The number of morpholine rings is 1. The van der Waals surface area contributed by atoms with E-state index in [2.05, 4.69) is 4.74 Å².